The summed E-state index contributed by atoms with van der Waals surface area (Å²) in [5, 5.41) is 15.0. The molecule has 0 aliphatic carbocycles. The second-order valence-electron chi connectivity index (χ2n) is 5.53. The van der Waals surface area contributed by atoms with Gasteiger partial charge in [-0.2, -0.15) is 0 Å². The van der Waals surface area contributed by atoms with Gasteiger partial charge in [-0.05, 0) is 35.9 Å². The molecule has 0 radical (unpaired) electrons. The van der Waals surface area contributed by atoms with Gasteiger partial charge < -0.3 is 15.7 Å². The lowest BCUT2D eigenvalue weighted by Gasteiger charge is -2.17. The molecule has 1 unspecified atom stereocenters. The number of hydrogen-bond donors (Lipinski definition) is 3. The maximum absolute atomic E-state index is 12.0. The van der Waals surface area contributed by atoms with Crippen LogP contribution in [0.1, 0.15) is 23.5 Å². The van der Waals surface area contributed by atoms with Crippen LogP contribution < -0.4 is 10.6 Å². The van der Waals surface area contributed by atoms with Crippen molar-refractivity contribution >= 4 is 17.8 Å². The highest BCUT2D eigenvalue weighted by molar-refractivity contribution is 7.98. The van der Waals surface area contributed by atoms with Gasteiger partial charge in [0.05, 0.1) is 0 Å². The minimum Gasteiger partial charge on any atom is -0.396 e. The number of amides is 2. The number of nitrogens with one attached hydrogen (secondary N) is 2. The fourth-order valence-electron chi connectivity index (χ4n) is 2.47. The van der Waals surface area contributed by atoms with Crippen molar-refractivity contribution < 1.29 is 9.90 Å². The third-order valence-electron chi connectivity index (χ3n) is 3.87. The number of hydrogen-bond acceptors (Lipinski definition) is 3. The molecule has 0 aromatic heterocycles. The van der Waals surface area contributed by atoms with Crippen molar-refractivity contribution in [2.75, 3.05) is 19.4 Å². The summed E-state index contributed by atoms with van der Waals surface area (Å²) >= 11 is 1.70. The Morgan fingerprint density at radius 1 is 1.08 bits per heavy atom. The van der Waals surface area contributed by atoms with Gasteiger partial charge in [-0.15, -0.1) is 11.8 Å². The zero-order valence-electron chi connectivity index (χ0n) is 13.9. The van der Waals surface area contributed by atoms with Gasteiger partial charge >= 0.3 is 6.03 Å². The van der Waals surface area contributed by atoms with E-state index in [1.54, 1.807) is 11.8 Å². The number of rotatable bonds is 8. The van der Waals surface area contributed by atoms with Crippen molar-refractivity contribution in [2.24, 2.45) is 0 Å². The molecule has 0 heterocycles. The van der Waals surface area contributed by atoms with Crippen molar-refractivity contribution in [3.63, 3.8) is 0 Å². The number of aliphatic hydroxyl groups excluding tert-OH is 1. The Kier molecular flexibility index (Phi) is 7.65. The number of thioether (sulfide) groups is 1. The average Bonchev–Trinajstić information content (AvgIpc) is 2.64. The summed E-state index contributed by atoms with van der Waals surface area (Å²) in [5.41, 5.74) is 2.19. The fourth-order valence-corrected chi connectivity index (χ4v) is 2.88. The van der Waals surface area contributed by atoms with E-state index in [4.69, 9.17) is 0 Å². The van der Waals surface area contributed by atoms with E-state index in [0.717, 1.165) is 11.1 Å². The number of urea groups is 1. The molecule has 2 aromatic rings. The van der Waals surface area contributed by atoms with E-state index in [1.807, 2.05) is 60.9 Å². The SMILES string of the molecule is CSc1ccc(CNC(=O)NCC(CCO)c2ccccc2)cc1. The van der Waals surface area contributed by atoms with Crippen LogP contribution >= 0.6 is 11.8 Å². The molecular weight excluding hydrogens is 320 g/mol. The average molecular weight is 344 g/mol. The van der Waals surface area contributed by atoms with Gasteiger partial charge in [0.2, 0.25) is 0 Å². The first-order valence-corrected chi connectivity index (χ1v) is 9.26. The highest BCUT2D eigenvalue weighted by atomic mass is 32.2. The van der Waals surface area contributed by atoms with E-state index in [2.05, 4.69) is 10.6 Å². The predicted molar refractivity (Wildman–Crippen MR) is 99.3 cm³/mol. The molecule has 2 rings (SSSR count). The largest absolute Gasteiger partial charge is 0.396 e. The summed E-state index contributed by atoms with van der Waals surface area (Å²) in [4.78, 5) is 13.2. The van der Waals surface area contributed by atoms with Gasteiger partial charge in [-0.3, -0.25) is 0 Å². The quantitative estimate of drug-likeness (QED) is 0.644. The molecule has 1 atom stereocenters. The third-order valence-corrected chi connectivity index (χ3v) is 4.61. The van der Waals surface area contributed by atoms with E-state index in [0.29, 0.717) is 19.5 Å². The summed E-state index contributed by atoms with van der Waals surface area (Å²) < 4.78 is 0. The molecule has 0 aliphatic rings. The Labute approximate surface area is 147 Å². The first-order valence-electron chi connectivity index (χ1n) is 8.03. The lowest BCUT2D eigenvalue weighted by Crippen LogP contribution is -2.37. The van der Waals surface area contributed by atoms with E-state index in [9.17, 15) is 9.90 Å². The summed E-state index contributed by atoms with van der Waals surface area (Å²) in [5.74, 6) is 0.114. The molecule has 0 aliphatic heterocycles. The Bertz CT molecular complexity index is 617. The van der Waals surface area contributed by atoms with Gasteiger partial charge in [0.15, 0.2) is 0 Å². The monoisotopic (exact) mass is 344 g/mol. The molecule has 0 saturated carbocycles. The highest BCUT2D eigenvalue weighted by Crippen LogP contribution is 2.18. The molecular formula is C19H24N2O2S. The van der Waals surface area contributed by atoms with Crippen LogP contribution in [-0.4, -0.2) is 30.5 Å². The Balaban J connectivity index is 1.80. The van der Waals surface area contributed by atoms with Gasteiger partial charge in [-0.25, -0.2) is 4.79 Å². The van der Waals surface area contributed by atoms with Gasteiger partial charge in [0.25, 0.3) is 0 Å². The van der Waals surface area contributed by atoms with Crippen LogP contribution in [0.25, 0.3) is 0 Å². The summed E-state index contributed by atoms with van der Waals surface area (Å²) in [7, 11) is 0. The van der Waals surface area contributed by atoms with E-state index >= 15 is 0 Å². The fraction of sp³-hybridized carbons (Fsp3) is 0.316. The summed E-state index contributed by atoms with van der Waals surface area (Å²) in [6.45, 7) is 1.10. The summed E-state index contributed by atoms with van der Waals surface area (Å²) in [6.07, 6.45) is 2.66. The maximum Gasteiger partial charge on any atom is 0.315 e. The van der Waals surface area contributed by atoms with E-state index in [1.165, 1.54) is 4.90 Å². The van der Waals surface area contributed by atoms with E-state index < -0.39 is 0 Å². The van der Waals surface area contributed by atoms with Crippen molar-refractivity contribution in [1.82, 2.24) is 10.6 Å². The molecule has 2 amide bonds. The third kappa shape index (κ3) is 5.91. The molecule has 5 heteroatoms. The first kappa shape index (κ1) is 18.4. The van der Waals surface area contributed by atoms with Crippen molar-refractivity contribution in [1.29, 1.82) is 0 Å². The van der Waals surface area contributed by atoms with Crippen molar-refractivity contribution in [3.05, 3.63) is 65.7 Å². The topological polar surface area (TPSA) is 61.4 Å². The van der Waals surface area contributed by atoms with Gasteiger partial charge in [0.1, 0.15) is 0 Å². The van der Waals surface area contributed by atoms with Crippen LogP contribution in [-0.2, 0) is 6.54 Å². The predicted octanol–water partition coefficient (Wildman–Crippen LogP) is 3.37. The van der Waals surface area contributed by atoms with Crippen LogP contribution in [0.5, 0.6) is 0 Å². The minimum absolute atomic E-state index is 0.102. The molecule has 3 N–H and O–H groups in total. The standard InChI is InChI=1S/C19H24N2O2S/c1-24-18-9-7-15(8-10-18)13-20-19(23)21-14-17(11-12-22)16-5-3-2-4-6-16/h2-10,17,22H,11-14H2,1H3,(H2,20,21,23). The van der Waals surface area contributed by atoms with Crippen LogP contribution in [0.4, 0.5) is 4.79 Å². The Hall–Kier alpha value is -1.98. The van der Waals surface area contributed by atoms with Crippen LogP contribution in [0.3, 0.4) is 0 Å². The maximum atomic E-state index is 12.0. The lowest BCUT2D eigenvalue weighted by atomic mass is 9.96. The Morgan fingerprint density at radius 2 is 1.79 bits per heavy atom. The minimum atomic E-state index is -0.192. The second kappa shape index (κ2) is 10.0. The zero-order chi connectivity index (χ0) is 17.2. The number of carbonyl (C=O) groups is 1. The first-order chi connectivity index (χ1) is 11.7. The molecule has 4 nitrogen and oxygen atoms in total. The number of benzene rings is 2. The highest BCUT2D eigenvalue weighted by Gasteiger charge is 2.12. The van der Waals surface area contributed by atoms with Crippen LogP contribution in [0, 0.1) is 0 Å². The molecule has 128 valence electrons. The molecule has 24 heavy (non-hydrogen) atoms. The van der Waals surface area contributed by atoms with E-state index in [-0.39, 0.29) is 18.6 Å². The van der Waals surface area contributed by atoms with Crippen molar-refractivity contribution in [2.45, 2.75) is 23.8 Å². The number of carbonyl (C=O) groups excluding carboxylic acids is 1. The summed E-state index contributed by atoms with van der Waals surface area (Å²) in [6, 6.07) is 17.9. The second-order valence-corrected chi connectivity index (χ2v) is 6.41. The lowest BCUT2D eigenvalue weighted by molar-refractivity contribution is 0.237. The molecule has 2 aromatic carbocycles. The number of aliphatic hydroxyl groups is 1. The van der Waals surface area contributed by atoms with Crippen molar-refractivity contribution in [3.8, 4) is 0 Å². The molecule has 0 spiro atoms. The molecule has 0 fully saturated rings. The Morgan fingerprint density at radius 3 is 2.42 bits per heavy atom. The smallest absolute Gasteiger partial charge is 0.315 e. The molecule has 0 bridgehead atoms. The zero-order valence-corrected chi connectivity index (χ0v) is 14.7. The van der Waals surface area contributed by atoms with Crippen LogP contribution in [0.15, 0.2) is 59.5 Å². The van der Waals surface area contributed by atoms with Gasteiger partial charge in [0, 0.05) is 30.5 Å². The van der Waals surface area contributed by atoms with Gasteiger partial charge in [-0.1, -0.05) is 42.5 Å². The normalized spacial score (nSPS) is 11.8. The van der Waals surface area contributed by atoms with Crippen LogP contribution in [0.2, 0.25) is 0 Å². The molecule has 0 saturated heterocycles.